The first kappa shape index (κ1) is 27.6. The summed E-state index contributed by atoms with van der Waals surface area (Å²) in [5, 5.41) is 23.8. The molecular weight excluding hydrogens is 533 g/mol. The number of hydrogen-bond acceptors (Lipinski definition) is 8. The van der Waals surface area contributed by atoms with E-state index in [0.717, 1.165) is 5.56 Å². The van der Waals surface area contributed by atoms with Crippen LogP contribution in [0, 0.1) is 5.41 Å². The molecule has 192 valence electrons. The van der Waals surface area contributed by atoms with Crippen molar-refractivity contribution in [3.8, 4) is 11.4 Å². The standard InChI is InChI=1S/C22H22ClN7O4.2ClH/c1-30-18(27-20(32)34-8-6-13-3-2-7-24-17(13)23)16(28-29-30)15-5-4-14(9-25-15)26-19(31)21-10-22(33,11-21)12-21;;/h2-5,7,9,33H,6,8,10-12H2,1H3,(H,26,31)(H,27,32);2*1H. The molecule has 0 atom stereocenters. The lowest BCUT2D eigenvalue weighted by Gasteiger charge is -2.66. The third kappa shape index (κ3) is 5.24. The molecule has 3 saturated carbocycles. The average molecular weight is 557 g/mol. The summed E-state index contributed by atoms with van der Waals surface area (Å²) < 4.78 is 6.65. The quantitative estimate of drug-likeness (QED) is 0.376. The van der Waals surface area contributed by atoms with Crippen molar-refractivity contribution >= 4 is 59.9 Å². The van der Waals surface area contributed by atoms with Gasteiger partial charge in [0.15, 0.2) is 11.5 Å². The fourth-order valence-electron chi connectivity index (χ4n) is 4.51. The molecule has 3 fully saturated rings. The van der Waals surface area contributed by atoms with E-state index in [-0.39, 0.29) is 37.3 Å². The Morgan fingerprint density at radius 1 is 1.17 bits per heavy atom. The minimum atomic E-state index is -0.671. The Morgan fingerprint density at radius 2 is 1.92 bits per heavy atom. The van der Waals surface area contributed by atoms with Crippen LogP contribution in [0.25, 0.3) is 11.4 Å². The number of nitrogens with zero attached hydrogens (tertiary/aromatic N) is 5. The molecule has 3 aromatic heterocycles. The lowest BCUT2D eigenvalue weighted by molar-refractivity contribution is -0.247. The van der Waals surface area contributed by atoms with Gasteiger partial charge in [0.25, 0.3) is 0 Å². The van der Waals surface area contributed by atoms with E-state index >= 15 is 0 Å². The van der Waals surface area contributed by atoms with Gasteiger partial charge in [-0.2, -0.15) is 0 Å². The number of nitrogens with one attached hydrogen (secondary N) is 2. The second-order valence-corrected chi connectivity index (χ2v) is 9.15. The van der Waals surface area contributed by atoms with Crippen LogP contribution in [0.2, 0.25) is 5.15 Å². The lowest BCUT2D eigenvalue weighted by Crippen LogP contribution is -2.71. The van der Waals surface area contributed by atoms with Crippen LogP contribution in [-0.2, 0) is 23.0 Å². The first-order chi connectivity index (χ1) is 16.3. The van der Waals surface area contributed by atoms with Crippen LogP contribution in [0.4, 0.5) is 16.3 Å². The smallest absolute Gasteiger partial charge is 0.412 e. The molecule has 14 heteroatoms. The van der Waals surface area contributed by atoms with Gasteiger partial charge in [-0.1, -0.05) is 22.9 Å². The Bertz CT molecular complexity index is 1250. The number of ether oxygens (including phenoxy) is 1. The zero-order valence-corrected chi connectivity index (χ0v) is 21.5. The summed E-state index contributed by atoms with van der Waals surface area (Å²) in [6.07, 6.45) is 4.39. The second-order valence-electron chi connectivity index (χ2n) is 8.80. The Balaban J connectivity index is 0.00000180. The Kier molecular flexibility index (Phi) is 8.09. The molecule has 3 N–H and O–H groups in total. The highest BCUT2D eigenvalue weighted by atomic mass is 35.5. The molecule has 36 heavy (non-hydrogen) atoms. The number of carbonyl (C=O) groups is 2. The van der Waals surface area contributed by atoms with Gasteiger partial charge in [0.2, 0.25) is 5.91 Å². The van der Waals surface area contributed by atoms with Crippen molar-refractivity contribution < 1.29 is 19.4 Å². The molecule has 6 rings (SSSR count). The van der Waals surface area contributed by atoms with Gasteiger partial charge in [-0.25, -0.2) is 14.5 Å². The van der Waals surface area contributed by atoms with Crippen molar-refractivity contribution in [1.29, 1.82) is 0 Å². The van der Waals surface area contributed by atoms with Crippen molar-refractivity contribution in [2.45, 2.75) is 31.3 Å². The minimum Gasteiger partial charge on any atom is -0.449 e. The van der Waals surface area contributed by atoms with E-state index in [9.17, 15) is 14.7 Å². The van der Waals surface area contributed by atoms with Gasteiger partial charge in [-0.15, -0.1) is 29.9 Å². The molecular formula is C22H24Cl3N7O4. The summed E-state index contributed by atoms with van der Waals surface area (Å²) in [7, 11) is 1.63. The van der Waals surface area contributed by atoms with E-state index in [1.165, 1.54) is 10.9 Å². The highest BCUT2D eigenvalue weighted by Gasteiger charge is 2.71. The van der Waals surface area contributed by atoms with Crippen molar-refractivity contribution in [2.24, 2.45) is 12.5 Å². The third-order valence-corrected chi connectivity index (χ3v) is 6.58. The number of halogens is 3. The summed E-state index contributed by atoms with van der Waals surface area (Å²) in [4.78, 5) is 33.1. The van der Waals surface area contributed by atoms with Gasteiger partial charge < -0.3 is 15.2 Å². The van der Waals surface area contributed by atoms with Crippen LogP contribution in [0.3, 0.4) is 0 Å². The molecule has 0 spiro atoms. The summed E-state index contributed by atoms with van der Waals surface area (Å²) in [5.74, 6) is 0.214. The monoisotopic (exact) mass is 555 g/mol. The topological polar surface area (TPSA) is 144 Å². The maximum Gasteiger partial charge on any atom is 0.412 e. The van der Waals surface area contributed by atoms with Gasteiger partial charge in [0, 0.05) is 19.7 Å². The number of anilines is 2. The maximum absolute atomic E-state index is 12.5. The first-order valence-corrected chi connectivity index (χ1v) is 11.1. The van der Waals surface area contributed by atoms with Gasteiger partial charge >= 0.3 is 6.09 Å². The molecule has 0 aromatic carbocycles. The predicted molar refractivity (Wildman–Crippen MR) is 137 cm³/mol. The van der Waals surface area contributed by atoms with Gasteiger partial charge in [0.05, 0.1) is 35.2 Å². The minimum absolute atomic E-state index is 0. The Hall–Kier alpha value is -2.99. The van der Waals surface area contributed by atoms with Crippen LogP contribution in [0.5, 0.6) is 0 Å². The van der Waals surface area contributed by atoms with Crippen LogP contribution in [0.1, 0.15) is 24.8 Å². The van der Waals surface area contributed by atoms with Crippen molar-refractivity contribution in [1.82, 2.24) is 25.0 Å². The number of aryl methyl sites for hydroxylation is 1. The molecule has 11 nitrogen and oxygen atoms in total. The van der Waals surface area contributed by atoms with E-state index in [1.807, 2.05) is 6.07 Å². The zero-order chi connectivity index (χ0) is 23.9. The Morgan fingerprint density at radius 3 is 2.56 bits per heavy atom. The normalized spacial score (nSPS) is 21.1. The predicted octanol–water partition coefficient (Wildman–Crippen LogP) is 3.41. The van der Waals surface area contributed by atoms with E-state index in [2.05, 4.69) is 30.9 Å². The summed E-state index contributed by atoms with van der Waals surface area (Å²) in [6, 6.07) is 6.96. The summed E-state index contributed by atoms with van der Waals surface area (Å²) in [6.45, 7) is 0.114. The molecule has 0 aliphatic heterocycles. The fraction of sp³-hybridized carbons (Fsp3) is 0.364. The highest BCUT2D eigenvalue weighted by Crippen LogP contribution is 2.67. The largest absolute Gasteiger partial charge is 0.449 e. The van der Waals surface area contributed by atoms with E-state index in [0.29, 0.717) is 53.7 Å². The first-order valence-electron chi connectivity index (χ1n) is 10.7. The van der Waals surface area contributed by atoms with Crippen molar-refractivity contribution in [2.75, 3.05) is 17.2 Å². The average Bonchev–Trinajstić information content (AvgIpc) is 3.12. The van der Waals surface area contributed by atoms with Crippen LogP contribution in [0.15, 0.2) is 36.7 Å². The van der Waals surface area contributed by atoms with E-state index < -0.39 is 17.1 Å². The van der Waals surface area contributed by atoms with Crippen LogP contribution in [-0.4, -0.2) is 54.3 Å². The molecule has 0 unspecified atom stereocenters. The Labute approximate surface area is 223 Å². The van der Waals surface area contributed by atoms with Crippen molar-refractivity contribution in [3.63, 3.8) is 0 Å². The molecule has 2 amide bonds. The molecule has 0 saturated heterocycles. The molecule has 3 aliphatic carbocycles. The van der Waals surface area contributed by atoms with Gasteiger partial charge in [-0.3, -0.25) is 15.1 Å². The lowest BCUT2D eigenvalue weighted by atomic mass is 9.41. The maximum atomic E-state index is 12.5. The molecule has 0 radical (unpaired) electrons. The van der Waals surface area contributed by atoms with E-state index in [1.54, 1.807) is 31.4 Å². The second kappa shape index (κ2) is 10.6. The number of pyridine rings is 2. The van der Waals surface area contributed by atoms with Crippen LogP contribution < -0.4 is 10.6 Å². The number of aromatic nitrogens is 5. The number of carbonyl (C=O) groups excluding carboxylic acids is 2. The number of hydrogen-bond donors (Lipinski definition) is 3. The summed E-state index contributed by atoms with van der Waals surface area (Å²) in [5.41, 5.74) is 1.05. The van der Waals surface area contributed by atoms with E-state index in [4.69, 9.17) is 16.3 Å². The van der Waals surface area contributed by atoms with Crippen molar-refractivity contribution in [3.05, 3.63) is 47.4 Å². The van der Waals surface area contributed by atoms with Crippen LogP contribution >= 0.6 is 36.4 Å². The van der Waals surface area contributed by atoms with Gasteiger partial charge in [0.1, 0.15) is 5.15 Å². The molecule has 3 aliphatic rings. The number of rotatable bonds is 7. The number of aliphatic hydroxyl groups is 1. The molecule has 2 bridgehead atoms. The summed E-state index contributed by atoms with van der Waals surface area (Å²) >= 11 is 6.02. The third-order valence-electron chi connectivity index (χ3n) is 6.24. The highest BCUT2D eigenvalue weighted by molar-refractivity contribution is 6.30. The number of amides is 2. The fourth-order valence-corrected chi connectivity index (χ4v) is 4.72. The molecule has 3 aromatic rings. The molecule has 3 heterocycles. The SMILES string of the molecule is Cl.Cl.Cn1nnc(-c2ccc(NC(=O)C34CC(O)(C3)C4)cn2)c1NC(=O)OCCc1cccnc1Cl. The van der Waals surface area contributed by atoms with Gasteiger partial charge in [-0.05, 0) is 43.0 Å². The zero-order valence-electron chi connectivity index (χ0n) is 19.1.